The van der Waals surface area contributed by atoms with Gasteiger partial charge in [0.05, 0.1) is 0 Å². The molecule has 1 heterocycles. The van der Waals surface area contributed by atoms with E-state index in [2.05, 4.69) is 66.2 Å². The molecule has 26 heavy (non-hydrogen) atoms. The second kappa shape index (κ2) is 9.15. The fourth-order valence-corrected chi connectivity index (χ4v) is 4.62. The summed E-state index contributed by atoms with van der Waals surface area (Å²) in [5.74, 6) is 6.37. The molecule has 2 nitrogen and oxygen atoms in total. The van der Waals surface area contributed by atoms with Crippen LogP contribution in [-0.4, -0.2) is 24.6 Å². The first-order chi connectivity index (χ1) is 12.8. The number of aromatic nitrogens is 1. The van der Waals surface area contributed by atoms with Gasteiger partial charge in [-0.15, -0.1) is 0 Å². The van der Waals surface area contributed by atoms with Gasteiger partial charge in [-0.1, -0.05) is 0 Å². The maximum absolute atomic E-state index is 5.07. The summed E-state index contributed by atoms with van der Waals surface area (Å²) in [5.41, 5.74) is 3.14. The van der Waals surface area contributed by atoms with Gasteiger partial charge in [0.1, 0.15) is 0 Å². The van der Waals surface area contributed by atoms with Crippen LogP contribution in [0.4, 0.5) is 5.69 Å². The minimum atomic E-state index is 0.136. The van der Waals surface area contributed by atoms with Crippen molar-refractivity contribution in [3.63, 3.8) is 0 Å². The van der Waals surface area contributed by atoms with E-state index in [1.165, 1.54) is 14.6 Å². The summed E-state index contributed by atoms with van der Waals surface area (Å²) in [6.45, 7) is 4.07. The van der Waals surface area contributed by atoms with E-state index >= 15 is 0 Å². The molecule has 2 aromatic carbocycles. The van der Waals surface area contributed by atoms with Crippen LogP contribution in [0.15, 0.2) is 84.1 Å². The number of hydrogen-bond donors (Lipinski definition) is 0. The summed E-state index contributed by atoms with van der Waals surface area (Å²) in [7, 11) is 0. The molecule has 0 aliphatic rings. The van der Waals surface area contributed by atoms with E-state index in [9.17, 15) is 0 Å². The Balaban J connectivity index is 2.04. The monoisotopic (exact) mass is 404 g/mol. The van der Waals surface area contributed by atoms with Gasteiger partial charge in [0.25, 0.3) is 0 Å². The number of aliphatic imine (C=N–C) groups is 1. The van der Waals surface area contributed by atoms with Crippen LogP contribution >= 0.6 is 0 Å². The molecule has 3 rings (SSSR count). The van der Waals surface area contributed by atoms with Gasteiger partial charge in [-0.2, -0.15) is 0 Å². The van der Waals surface area contributed by atoms with Crippen molar-refractivity contribution in [1.82, 2.24) is 4.98 Å². The Hall–Kier alpha value is -2.66. The van der Waals surface area contributed by atoms with Crippen LogP contribution in [0.25, 0.3) is 0 Å². The molecule has 0 saturated carbocycles. The topological polar surface area (TPSA) is 25.2 Å². The van der Waals surface area contributed by atoms with Crippen LogP contribution in [0.1, 0.15) is 30.9 Å². The molecular weight excluding hydrogens is 383 g/mol. The normalized spacial score (nSPS) is 12.2. The molecule has 3 aromatic rings. The first-order valence-electron chi connectivity index (χ1n) is 8.51. The van der Waals surface area contributed by atoms with Crippen molar-refractivity contribution in [3.8, 4) is 11.8 Å². The van der Waals surface area contributed by atoms with Crippen molar-refractivity contribution in [1.29, 1.82) is 0 Å². The fourth-order valence-electron chi connectivity index (χ4n) is 2.54. The number of para-hydroxylation sites is 1. The molecule has 1 aromatic heterocycles. The van der Waals surface area contributed by atoms with Crippen molar-refractivity contribution in [2.24, 2.45) is 4.99 Å². The Morgan fingerprint density at radius 2 is 1.65 bits per heavy atom. The van der Waals surface area contributed by atoms with Crippen LogP contribution in [0.3, 0.4) is 0 Å². The molecule has 0 unspecified atom stereocenters. The Labute approximate surface area is 161 Å². The van der Waals surface area contributed by atoms with Crippen LogP contribution < -0.4 is 4.46 Å². The van der Waals surface area contributed by atoms with E-state index in [-0.39, 0.29) is 20.9 Å². The summed E-state index contributed by atoms with van der Waals surface area (Å²) in [6.07, 6.45) is 3.69. The standard InChI is InChI=1S/C23H20N2Se/c1-3-9-20-10-7-8-13-22(20)25-23(26-21-11-5-4-6-12-21)18(2)19-14-16-24-17-15-19/h4-8,10-18H,1-2H3/t18-/m0/s1. The summed E-state index contributed by atoms with van der Waals surface area (Å²) in [5, 5.41) is 0. The Morgan fingerprint density at radius 1 is 0.962 bits per heavy atom. The van der Waals surface area contributed by atoms with E-state index in [0.29, 0.717) is 0 Å². The molecule has 128 valence electrons. The fraction of sp³-hybridized carbons (Fsp3) is 0.130. The summed E-state index contributed by atoms with van der Waals surface area (Å²) < 4.78 is 2.50. The van der Waals surface area contributed by atoms with Gasteiger partial charge in [-0.25, -0.2) is 0 Å². The van der Waals surface area contributed by atoms with Crippen LogP contribution in [0.2, 0.25) is 0 Å². The van der Waals surface area contributed by atoms with Gasteiger partial charge < -0.3 is 0 Å². The zero-order chi connectivity index (χ0) is 18.2. The van der Waals surface area contributed by atoms with Crippen LogP contribution in [0, 0.1) is 11.8 Å². The molecule has 0 saturated heterocycles. The van der Waals surface area contributed by atoms with Gasteiger partial charge in [0, 0.05) is 0 Å². The Bertz CT molecular complexity index is 938. The quantitative estimate of drug-likeness (QED) is 0.354. The van der Waals surface area contributed by atoms with Gasteiger partial charge >= 0.3 is 162 Å². The maximum atomic E-state index is 5.07. The molecule has 0 amide bonds. The third-order valence-electron chi connectivity index (χ3n) is 3.94. The number of benzene rings is 2. The third kappa shape index (κ3) is 4.70. The van der Waals surface area contributed by atoms with Gasteiger partial charge in [-0.05, 0) is 0 Å². The van der Waals surface area contributed by atoms with E-state index in [4.69, 9.17) is 4.99 Å². The molecule has 0 radical (unpaired) electrons. The molecule has 0 aliphatic heterocycles. The van der Waals surface area contributed by atoms with Gasteiger partial charge in [0.2, 0.25) is 0 Å². The predicted molar refractivity (Wildman–Crippen MR) is 111 cm³/mol. The van der Waals surface area contributed by atoms with Gasteiger partial charge in [-0.3, -0.25) is 0 Å². The van der Waals surface area contributed by atoms with E-state index < -0.39 is 0 Å². The summed E-state index contributed by atoms with van der Waals surface area (Å²) >= 11 is 0.136. The number of rotatable bonds is 5. The number of hydrogen-bond acceptors (Lipinski definition) is 2. The summed E-state index contributed by atoms with van der Waals surface area (Å²) in [4.78, 5) is 9.21. The predicted octanol–water partition coefficient (Wildman–Crippen LogP) is 4.32. The molecule has 1 atom stereocenters. The van der Waals surface area contributed by atoms with Crippen molar-refractivity contribution < 1.29 is 0 Å². The van der Waals surface area contributed by atoms with Crippen LogP contribution in [0.5, 0.6) is 0 Å². The SMILES string of the molecule is CC#Cc1ccccc1N=C([Se]c1ccccc1)[C@@H](C)c1ccncc1. The molecular formula is C23H20N2Se. The average molecular weight is 403 g/mol. The molecule has 3 heteroatoms. The zero-order valence-corrected chi connectivity index (χ0v) is 16.6. The van der Waals surface area contributed by atoms with Crippen molar-refractivity contribution in [2.45, 2.75) is 19.8 Å². The van der Waals surface area contributed by atoms with Gasteiger partial charge in [0.15, 0.2) is 0 Å². The third-order valence-corrected chi connectivity index (χ3v) is 6.37. The molecule has 0 N–H and O–H groups in total. The van der Waals surface area contributed by atoms with Crippen LogP contribution in [-0.2, 0) is 0 Å². The first kappa shape index (κ1) is 18.1. The number of nitrogens with zero attached hydrogens (tertiary/aromatic N) is 2. The van der Waals surface area contributed by atoms with Crippen molar-refractivity contribution >= 4 is 29.7 Å². The molecule has 0 spiro atoms. The van der Waals surface area contributed by atoms with E-state index in [1.807, 2.05) is 43.6 Å². The zero-order valence-electron chi connectivity index (χ0n) is 14.9. The Morgan fingerprint density at radius 3 is 2.38 bits per heavy atom. The molecule has 0 aliphatic carbocycles. The Kier molecular flexibility index (Phi) is 6.39. The molecule has 0 bridgehead atoms. The first-order valence-corrected chi connectivity index (χ1v) is 10.2. The number of pyridine rings is 1. The average Bonchev–Trinajstić information content (AvgIpc) is 2.70. The van der Waals surface area contributed by atoms with E-state index in [0.717, 1.165) is 11.3 Å². The van der Waals surface area contributed by atoms with E-state index in [1.54, 1.807) is 0 Å². The molecule has 0 fully saturated rings. The van der Waals surface area contributed by atoms with Crippen molar-refractivity contribution in [3.05, 3.63) is 90.3 Å². The van der Waals surface area contributed by atoms with Crippen molar-refractivity contribution in [2.75, 3.05) is 0 Å². The minimum absolute atomic E-state index is 0.136. The second-order valence-corrected chi connectivity index (χ2v) is 8.05. The second-order valence-electron chi connectivity index (χ2n) is 5.76. The summed E-state index contributed by atoms with van der Waals surface area (Å²) in [6, 6.07) is 22.8.